The normalized spacial score (nSPS) is 10.2. The van der Waals surface area contributed by atoms with Gasteiger partial charge in [0.05, 0.1) is 5.69 Å². The molecular formula is C15H18N4O2. The second kappa shape index (κ2) is 6.21. The Labute approximate surface area is 123 Å². The van der Waals surface area contributed by atoms with Crippen molar-refractivity contribution >= 4 is 23.2 Å². The number of anilines is 2. The van der Waals surface area contributed by atoms with Crippen LogP contribution in [0.5, 0.6) is 0 Å². The highest BCUT2D eigenvalue weighted by Gasteiger charge is 2.08. The first-order chi connectivity index (χ1) is 9.94. The number of aromatic nitrogens is 2. The maximum atomic E-state index is 12.0. The number of nitrogens with zero attached hydrogens (tertiary/aromatic N) is 2. The molecule has 2 aromatic rings. The highest BCUT2D eigenvalue weighted by atomic mass is 16.2. The van der Waals surface area contributed by atoms with Crippen molar-refractivity contribution < 1.29 is 9.59 Å². The Hall–Kier alpha value is -2.63. The Morgan fingerprint density at radius 3 is 2.38 bits per heavy atom. The molecule has 1 heterocycles. The number of amides is 2. The minimum Gasteiger partial charge on any atom is -0.326 e. The second-order valence-electron chi connectivity index (χ2n) is 4.89. The molecule has 0 spiro atoms. The highest BCUT2D eigenvalue weighted by molar-refractivity contribution is 5.93. The van der Waals surface area contributed by atoms with Crippen LogP contribution in [0.1, 0.15) is 18.3 Å². The number of benzene rings is 1. The number of aryl methyl sites for hydroxylation is 2. The van der Waals surface area contributed by atoms with Crippen molar-refractivity contribution in [3.63, 3.8) is 0 Å². The van der Waals surface area contributed by atoms with Crippen LogP contribution in [0.2, 0.25) is 0 Å². The van der Waals surface area contributed by atoms with Gasteiger partial charge in [-0.1, -0.05) is 6.07 Å². The first-order valence-corrected chi connectivity index (χ1v) is 6.62. The molecular weight excluding hydrogens is 268 g/mol. The van der Waals surface area contributed by atoms with Crippen molar-refractivity contribution in [2.24, 2.45) is 0 Å². The Morgan fingerprint density at radius 1 is 1.14 bits per heavy atom. The van der Waals surface area contributed by atoms with Gasteiger partial charge in [0.25, 0.3) is 0 Å². The van der Waals surface area contributed by atoms with Crippen molar-refractivity contribution in [2.75, 3.05) is 10.6 Å². The van der Waals surface area contributed by atoms with Crippen LogP contribution in [0.15, 0.2) is 30.3 Å². The molecule has 6 nitrogen and oxygen atoms in total. The molecule has 0 radical (unpaired) electrons. The lowest BCUT2D eigenvalue weighted by Gasteiger charge is -2.08. The number of hydrogen-bond donors (Lipinski definition) is 2. The van der Waals surface area contributed by atoms with Gasteiger partial charge in [-0.25, -0.2) is 0 Å². The molecule has 0 bridgehead atoms. The lowest BCUT2D eigenvalue weighted by molar-refractivity contribution is -0.117. The molecule has 1 aromatic carbocycles. The van der Waals surface area contributed by atoms with Gasteiger partial charge in [0.1, 0.15) is 6.54 Å². The fourth-order valence-electron chi connectivity index (χ4n) is 2.05. The summed E-state index contributed by atoms with van der Waals surface area (Å²) in [6, 6.07) is 8.93. The lowest BCUT2D eigenvalue weighted by atomic mass is 10.2. The van der Waals surface area contributed by atoms with Crippen LogP contribution in [0.4, 0.5) is 11.4 Å². The van der Waals surface area contributed by atoms with Crippen LogP contribution in [0.3, 0.4) is 0 Å². The maximum absolute atomic E-state index is 12.0. The Bertz CT molecular complexity index is 676. The molecule has 0 saturated heterocycles. The number of carbonyl (C=O) groups excluding carboxylic acids is 2. The number of nitrogens with one attached hydrogen (secondary N) is 2. The standard InChI is InChI=1S/C15H18N4O2/c1-10-7-11(2)19(18-10)9-15(21)17-14-6-4-5-13(8-14)16-12(3)20/h4-8H,9H2,1-3H3,(H,16,20)(H,17,21). The quantitative estimate of drug-likeness (QED) is 0.903. The zero-order valence-electron chi connectivity index (χ0n) is 12.3. The van der Waals surface area contributed by atoms with E-state index in [4.69, 9.17) is 0 Å². The maximum Gasteiger partial charge on any atom is 0.246 e. The van der Waals surface area contributed by atoms with Gasteiger partial charge in [-0.15, -0.1) is 0 Å². The van der Waals surface area contributed by atoms with Crippen LogP contribution < -0.4 is 10.6 Å². The summed E-state index contributed by atoms with van der Waals surface area (Å²) in [6.07, 6.45) is 0. The first kappa shape index (κ1) is 14.8. The molecule has 2 rings (SSSR count). The summed E-state index contributed by atoms with van der Waals surface area (Å²) in [5.74, 6) is -0.317. The summed E-state index contributed by atoms with van der Waals surface area (Å²) in [4.78, 5) is 23.0. The predicted octanol–water partition coefficient (Wildman–Crippen LogP) is 2.10. The average Bonchev–Trinajstić information content (AvgIpc) is 2.67. The molecule has 0 aliphatic carbocycles. The van der Waals surface area contributed by atoms with E-state index in [1.54, 1.807) is 28.9 Å². The van der Waals surface area contributed by atoms with E-state index in [9.17, 15) is 9.59 Å². The van der Waals surface area contributed by atoms with Gasteiger partial charge >= 0.3 is 0 Å². The lowest BCUT2D eigenvalue weighted by Crippen LogP contribution is -2.20. The third-order valence-electron chi connectivity index (χ3n) is 2.86. The van der Waals surface area contributed by atoms with Crippen molar-refractivity contribution in [3.05, 3.63) is 41.7 Å². The molecule has 0 unspecified atom stereocenters. The van der Waals surface area contributed by atoms with Gasteiger partial charge in [-0.05, 0) is 38.1 Å². The average molecular weight is 286 g/mol. The molecule has 21 heavy (non-hydrogen) atoms. The molecule has 110 valence electrons. The largest absolute Gasteiger partial charge is 0.326 e. The van der Waals surface area contributed by atoms with Crippen molar-refractivity contribution in [3.8, 4) is 0 Å². The van der Waals surface area contributed by atoms with Crippen molar-refractivity contribution in [2.45, 2.75) is 27.3 Å². The van der Waals surface area contributed by atoms with Crippen molar-refractivity contribution in [1.82, 2.24) is 9.78 Å². The SMILES string of the molecule is CC(=O)Nc1cccc(NC(=O)Cn2nc(C)cc2C)c1. The molecule has 0 fully saturated rings. The van der Waals surface area contributed by atoms with E-state index in [-0.39, 0.29) is 18.4 Å². The molecule has 0 aliphatic heterocycles. The van der Waals surface area contributed by atoms with Gasteiger partial charge in [0.15, 0.2) is 0 Å². The van der Waals surface area contributed by atoms with Crippen LogP contribution in [0, 0.1) is 13.8 Å². The number of carbonyl (C=O) groups is 2. The molecule has 0 aliphatic rings. The second-order valence-corrected chi connectivity index (χ2v) is 4.89. The predicted molar refractivity (Wildman–Crippen MR) is 81.1 cm³/mol. The molecule has 0 saturated carbocycles. The summed E-state index contributed by atoms with van der Waals surface area (Å²) in [7, 11) is 0. The fourth-order valence-corrected chi connectivity index (χ4v) is 2.05. The molecule has 1 aromatic heterocycles. The minimum absolute atomic E-state index is 0.152. The van der Waals surface area contributed by atoms with E-state index in [2.05, 4.69) is 15.7 Å². The first-order valence-electron chi connectivity index (χ1n) is 6.62. The number of hydrogen-bond acceptors (Lipinski definition) is 3. The Balaban J connectivity index is 2.02. The zero-order chi connectivity index (χ0) is 15.4. The van der Waals surface area contributed by atoms with Gasteiger partial charge in [-0.2, -0.15) is 5.10 Å². The van der Waals surface area contributed by atoms with E-state index < -0.39 is 0 Å². The minimum atomic E-state index is -0.166. The van der Waals surface area contributed by atoms with Gasteiger partial charge < -0.3 is 10.6 Å². The van der Waals surface area contributed by atoms with E-state index >= 15 is 0 Å². The summed E-state index contributed by atoms with van der Waals surface area (Å²) < 4.78 is 1.66. The van der Waals surface area contributed by atoms with Crippen LogP contribution in [-0.4, -0.2) is 21.6 Å². The van der Waals surface area contributed by atoms with E-state index in [0.717, 1.165) is 11.4 Å². The smallest absolute Gasteiger partial charge is 0.246 e. The fraction of sp³-hybridized carbons (Fsp3) is 0.267. The summed E-state index contributed by atoms with van der Waals surface area (Å²) in [6.45, 7) is 5.39. The van der Waals surface area contributed by atoms with E-state index in [1.807, 2.05) is 19.9 Å². The summed E-state index contributed by atoms with van der Waals surface area (Å²) in [5, 5.41) is 9.71. The third-order valence-corrected chi connectivity index (χ3v) is 2.86. The molecule has 0 atom stereocenters. The third kappa shape index (κ3) is 4.17. The van der Waals surface area contributed by atoms with E-state index in [0.29, 0.717) is 11.4 Å². The zero-order valence-corrected chi connectivity index (χ0v) is 12.3. The van der Waals surface area contributed by atoms with Gasteiger partial charge in [-0.3, -0.25) is 14.3 Å². The Kier molecular flexibility index (Phi) is 4.37. The number of rotatable bonds is 4. The molecule has 6 heteroatoms. The molecule has 2 amide bonds. The van der Waals surface area contributed by atoms with Crippen molar-refractivity contribution in [1.29, 1.82) is 0 Å². The van der Waals surface area contributed by atoms with E-state index in [1.165, 1.54) is 6.92 Å². The van der Waals surface area contributed by atoms with Gasteiger partial charge in [0, 0.05) is 24.0 Å². The monoisotopic (exact) mass is 286 g/mol. The van der Waals surface area contributed by atoms with Crippen LogP contribution in [0.25, 0.3) is 0 Å². The topological polar surface area (TPSA) is 76.0 Å². The van der Waals surface area contributed by atoms with Crippen LogP contribution in [-0.2, 0) is 16.1 Å². The van der Waals surface area contributed by atoms with Crippen LogP contribution >= 0.6 is 0 Å². The highest BCUT2D eigenvalue weighted by Crippen LogP contribution is 2.15. The van der Waals surface area contributed by atoms with Gasteiger partial charge in [0.2, 0.25) is 11.8 Å². The molecule has 2 N–H and O–H groups in total. The summed E-state index contributed by atoms with van der Waals surface area (Å²) >= 11 is 0. The summed E-state index contributed by atoms with van der Waals surface area (Å²) in [5.41, 5.74) is 3.10. The Morgan fingerprint density at radius 2 is 1.81 bits per heavy atom.